The number of nitrogens with zero attached hydrogens (tertiary/aromatic N) is 3. The zero-order valence-corrected chi connectivity index (χ0v) is 14.1. The van der Waals surface area contributed by atoms with Crippen LogP contribution in [0.15, 0.2) is 29.2 Å². The summed E-state index contributed by atoms with van der Waals surface area (Å²) in [4.78, 5) is -0.0855. The van der Waals surface area contributed by atoms with Crippen molar-refractivity contribution in [3.63, 3.8) is 0 Å². The number of benzene rings is 1. The average Bonchev–Trinajstić information content (AvgIpc) is 2.93. The smallest absolute Gasteiger partial charge is 0.267 e. The van der Waals surface area contributed by atoms with Gasteiger partial charge in [0.25, 0.3) is 0 Å². The number of hydrogen-bond donors (Lipinski definition) is 0. The highest BCUT2D eigenvalue weighted by Gasteiger charge is 2.60. The van der Waals surface area contributed by atoms with Gasteiger partial charge < -0.3 is 0 Å². The molecule has 1 aromatic carbocycles. The van der Waals surface area contributed by atoms with E-state index >= 15 is 0 Å². The first kappa shape index (κ1) is 21.0. The van der Waals surface area contributed by atoms with Crippen LogP contribution in [0.1, 0.15) is 11.3 Å². The molecule has 0 atom stereocenters. The molecule has 3 nitrogen and oxygen atoms in total. The number of aromatic nitrogens is 2. The van der Waals surface area contributed by atoms with E-state index in [9.17, 15) is 35.1 Å². The van der Waals surface area contributed by atoms with E-state index in [4.69, 9.17) is 5.26 Å². The fourth-order valence-electron chi connectivity index (χ4n) is 2.09. The van der Waals surface area contributed by atoms with Gasteiger partial charge in [0.15, 0.2) is 0 Å². The van der Waals surface area contributed by atoms with Gasteiger partial charge in [-0.2, -0.15) is 45.5 Å². The maximum atomic E-state index is 13.4. The first-order valence-electron chi connectivity index (χ1n) is 6.99. The summed E-state index contributed by atoms with van der Waals surface area (Å²) in [6.45, 7) is 0. The van der Waals surface area contributed by atoms with Crippen molar-refractivity contribution in [2.75, 3.05) is 5.75 Å². The second-order valence-electron chi connectivity index (χ2n) is 5.34. The molecule has 0 bridgehead atoms. The fraction of sp³-hybridized carbons (Fsp3) is 0.333. The Bertz CT molecular complexity index is 877. The molecule has 146 valence electrons. The van der Waals surface area contributed by atoms with Crippen molar-refractivity contribution in [1.29, 1.82) is 5.26 Å². The van der Waals surface area contributed by atoms with Crippen LogP contribution in [0.5, 0.6) is 0 Å². The molecule has 0 aliphatic carbocycles. The fourth-order valence-corrected chi connectivity index (χ4v) is 2.89. The van der Waals surface area contributed by atoms with Gasteiger partial charge in [-0.05, 0) is 18.2 Å². The zero-order chi connectivity index (χ0) is 20.6. The normalized spacial score (nSPS) is 12.9. The van der Waals surface area contributed by atoms with Gasteiger partial charge in [-0.25, -0.2) is 0 Å². The van der Waals surface area contributed by atoms with Crippen molar-refractivity contribution >= 4 is 11.8 Å². The van der Waals surface area contributed by atoms with Crippen LogP contribution in [-0.4, -0.2) is 27.9 Å². The SMILES string of the molecule is Cn1nc(C(F)(F)C(F)(F)F)cc1-c1ccc(C#N)c(SCC(F)(F)F)c1. The molecule has 0 fully saturated rings. The van der Waals surface area contributed by atoms with Crippen LogP contribution in [0, 0.1) is 11.3 Å². The molecule has 0 aliphatic heterocycles. The number of nitriles is 1. The van der Waals surface area contributed by atoms with Crippen molar-refractivity contribution in [3.05, 3.63) is 35.5 Å². The molecule has 2 rings (SSSR count). The lowest BCUT2D eigenvalue weighted by Crippen LogP contribution is -2.34. The topological polar surface area (TPSA) is 41.6 Å². The van der Waals surface area contributed by atoms with E-state index in [-0.39, 0.29) is 21.7 Å². The predicted molar refractivity (Wildman–Crippen MR) is 80.1 cm³/mol. The number of alkyl halides is 8. The molecule has 0 aliphatic rings. The first-order valence-corrected chi connectivity index (χ1v) is 7.98. The zero-order valence-electron chi connectivity index (χ0n) is 13.3. The number of thioether (sulfide) groups is 1. The largest absolute Gasteiger partial charge is 0.459 e. The average molecular weight is 415 g/mol. The Hall–Kier alpha value is -2.29. The Morgan fingerprint density at radius 2 is 1.70 bits per heavy atom. The Morgan fingerprint density at radius 1 is 1.07 bits per heavy atom. The van der Waals surface area contributed by atoms with E-state index in [1.54, 1.807) is 6.07 Å². The van der Waals surface area contributed by atoms with E-state index in [1.807, 2.05) is 0 Å². The molecule has 0 saturated heterocycles. The van der Waals surface area contributed by atoms with Gasteiger partial charge in [0.05, 0.1) is 17.0 Å². The minimum Gasteiger partial charge on any atom is -0.267 e. The van der Waals surface area contributed by atoms with Gasteiger partial charge in [0.1, 0.15) is 11.8 Å². The Kier molecular flexibility index (Phi) is 5.47. The quantitative estimate of drug-likeness (QED) is 0.505. The third-order valence-electron chi connectivity index (χ3n) is 3.35. The van der Waals surface area contributed by atoms with Crippen LogP contribution in [-0.2, 0) is 13.0 Å². The summed E-state index contributed by atoms with van der Waals surface area (Å²) < 4.78 is 102. The van der Waals surface area contributed by atoms with Crippen LogP contribution in [0.3, 0.4) is 0 Å². The molecule has 2 aromatic rings. The molecule has 0 amide bonds. The third-order valence-corrected chi connectivity index (χ3v) is 4.47. The molecule has 1 aromatic heterocycles. The molecule has 0 saturated carbocycles. The van der Waals surface area contributed by atoms with Crippen molar-refractivity contribution in [2.24, 2.45) is 7.05 Å². The summed E-state index contributed by atoms with van der Waals surface area (Å²) in [5, 5.41) is 12.2. The van der Waals surface area contributed by atoms with Gasteiger partial charge in [-0.3, -0.25) is 4.68 Å². The molecule has 0 N–H and O–H groups in total. The van der Waals surface area contributed by atoms with E-state index < -0.39 is 29.7 Å². The molecular weight excluding hydrogens is 406 g/mol. The lowest BCUT2D eigenvalue weighted by Gasteiger charge is -2.16. The molecule has 27 heavy (non-hydrogen) atoms. The number of halogens is 8. The molecule has 0 unspecified atom stereocenters. The predicted octanol–water partition coefficient (Wildman–Crippen LogP) is 5.27. The lowest BCUT2D eigenvalue weighted by atomic mass is 10.1. The third kappa shape index (κ3) is 4.52. The summed E-state index contributed by atoms with van der Waals surface area (Å²) in [6, 6.07) is 5.70. The van der Waals surface area contributed by atoms with Gasteiger partial charge in [0, 0.05) is 17.5 Å². The van der Waals surface area contributed by atoms with Crippen LogP contribution < -0.4 is 0 Å². The summed E-state index contributed by atoms with van der Waals surface area (Å²) in [5.41, 5.74) is -1.76. The van der Waals surface area contributed by atoms with Gasteiger partial charge >= 0.3 is 18.3 Å². The Morgan fingerprint density at radius 3 is 2.22 bits per heavy atom. The number of rotatable bonds is 4. The maximum Gasteiger partial charge on any atom is 0.459 e. The highest BCUT2D eigenvalue weighted by molar-refractivity contribution is 7.99. The number of aryl methyl sites for hydroxylation is 1. The van der Waals surface area contributed by atoms with Crippen molar-refractivity contribution in [3.8, 4) is 17.3 Å². The minimum absolute atomic E-state index is 0.0397. The highest BCUT2D eigenvalue weighted by Crippen LogP contribution is 2.44. The van der Waals surface area contributed by atoms with E-state index in [0.29, 0.717) is 17.8 Å². The van der Waals surface area contributed by atoms with E-state index in [0.717, 1.165) is 23.9 Å². The summed E-state index contributed by atoms with van der Waals surface area (Å²) in [7, 11) is 1.12. The molecule has 0 spiro atoms. The van der Waals surface area contributed by atoms with Gasteiger partial charge in [0.2, 0.25) is 0 Å². The minimum atomic E-state index is -5.85. The maximum absolute atomic E-state index is 13.4. The summed E-state index contributed by atoms with van der Waals surface area (Å²) in [6.07, 6.45) is -10.4. The van der Waals surface area contributed by atoms with Crippen molar-refractivity contribution in [1.82, 2.24) is 9.78 Å². The molecule has 0 radical (unpaired) electrons. The van der Waals surface area contributed by atoms with Crippen LogP contribution >= 0.6 is 11.8 Å². The standard InChI is InChI=1S/C15H9F8N3S/c1-26-10(5-12(25-26)14(19,20)15(21,22)23)8-2-3-9(6-24)11(4-8)27-7-13(16,17)18/h2-5H,7H2,1H3. The Labute approximate surface area is 151 Å². The van der Waals surface area contributed by atoms with Crippen molar-refractivity contribution < 1.29 is 35.1 Å². The lowest BCUT2D eigenvalue weighted by molar-refractivity contribution is -0.291. The van der Waals surface area contributed by atoms with E-state index in [1.165, 1.54) is 6.07 Å². The second-order valence-corrected chi connectivity index (χ2v) is 6.35. The van der Waals surface area contributed by atoms with Gasteiger partial charge in [-0.15, -0.1) is 11.8 Å². The number of hydrogen-bond acceptors (Lipinski definition) is 3. The first-order chi connectivity index (χ1) is 12.3. The monoisotopic (exact) mass is 415 g/mol. The second kappa shape index (κ2) is 7.03. The van der Waals surface area contributed by atoms with E-state index in [2.05, 4.69) is 5.10 Å². The summed E-state index contributed by atoms with van der Waals surface area (Å²) >= 11 is 0.305. The Balaban J connectivity index is 2.46. The molecular formula is C15H9F8N3S. The van der Waals surface area contributed by atoms with Crippen LogP contribution in [0.2, 0.25) is 0 Å². The van der Waals surface area contributed by atoms with Gasteiger partial charge in [-0.1, -0.05) is 6.07 Å². The van der Waals surface area contributed by atoms with Crippen LogP contribution in [0.4, 0.5) is 35.1 Å². The summed E-state index contributed by atoms with van der Waals surface area (Å²) in [5.74, 6) is -6.49. The van der Waals surface area contributed by atoms with Crippen LogP contribution in [0.25, 0.3) is 11.3 Å². The molecule has 1 heterocycles. The highest BCUT2D eigenvalue weighted by atomic mass is 32.2. The van der Waals surface area contributed by atoms with Crippen molar-refractivity contribution in [2.45, 2.75) is 23.2 Å². The molecule has 12 heteroatoms.